The smallest absolute Gasteiger partial charge is 0.334 e. The van der Waals surface area contributed by atoms with Crippen molar-refractivity contribution >= 4 is 5.97 Å². The first-order valence-electron chi connectivity index (χ1n) is 18.7. The van der Waals surface area contributed by atoms with E-state index < -0.39 is 18.3 Å². The predicted octanol–water partition coefficient (Wildman–Crippen LogP) is 6.83. The van der Waals surface area contributed by atoms with Gasteiger partial charge in [-0.05, 0) is 70.8 Å². The summed E-state index contributed by atoms with van der Waals surface area (Å²) in [6.07, 6.45) is 22.3. The molecule has 0 aromatic rings. The molecule has 0 radical (unpaired) electrons. The van der Waals surface area contributed by atoms with Crippen molar-refractivity contribution in [2.75, 3.05) is 0 Å². The van der Waals surface area contributed by atoms with Crippen LogP contribution in [0.15, 0.2) is 11.6 Å². The molecule has 3 aliphatic heterocycles. The molecule has 8 nitrogen and oxygen atoms in total. The van der Waals surface area contributed by atoms with Gasteiger partial charge in [0.2, 0.25) is 0 Å². The van der Waals surface area contributed by atoms with Gasteiger partial charge in [0.1, 0.15) is 6.10 Å². The summed E-state index contributed by atoms with van der Waals surface area (Å²) in [5.74, 6) is -0.285. The van der Waals surface area contributed by atoms with Crippen molar-refractivity contribution in [3.63, 3.8) is 0 Å². The quantitative estimate of drug-likeness (QED) is 0.0634. The van der Waals surface area contributed by atoms with Crippen LogP contribution in [0, 0.1) is 0 Å². The Hall–Kier alpha value is -1.03. The molecule has 262 valence electrons. The molecular weight excluding hydrogens is 572 g/mol. The third-order valence-electron chi connectivity index (χ3n) is 10.1. The van der Waals surface area contributed by atoms with Gasteiger partial charge in [-0.3, -0.25) is 0 Å². The molecule has 3 aliphatic rings. The number of aliphatic hydroxyl groups is 4. The number of rotatable bonds is 25. The van der Waals surface area contributed by atoms with Crippen molar-refractivity contribution in [3.8, 4) is 0 Å². The molecule has 0 aliphatic carbocycles. The van der Waals surface area contributed by atoms with E-state index in [1.54, 1.807) is 0 Å². The molecule has 0 bridgehead atoms. The zero-order valence-electron chi connectivity index (χ0n) is 28.5. The maximum absolute atomic E-state index is 11.7. The lowest BCUT2D eigenvalue weighted by Gasteiger charge is -2.24. The first kappa shape index (κ1) is 38.4. The molecule has 0 aromatic heterocycles. The Bertz CT molecular complexity index is 833. The van der Waals surface area contributed by atoms with Crippen molar-refractivity contribution in [1.82, 2.24) is 0 Å². The highest BCUT2D eigenvalue weighted by Gasteiger charge is 2.40. The largest absolute Gasteiger partial charge is 0.455 e. The number of carbonyl (C=O) groups is 1. The Morgan fingerprint density at radius 3 is 1.53 bits per heavy atom. The molecule has 9 atom stereocenters. The summed E-state index contributed by atoms with van der Waals surface area (Å²) in [4.78, 5) is 11.7. The molecule has 0 amide bonds. The van der Waals surface area contributed by atoms with E-state index in [1.807, 2.05) is 13.0 Å². The van der Waals surface area contributed by atoms with Crippen molar-refractivity contribution < 1.29 is 39.4 Å². The number of unbranched alkanes of at least 4 members (excludes halogenated alkanes) is 10. The molecule has 4 N–H and O–H groups in total. The Kier molecular flexibility index (Phi) is 18.6. The van der Waals surface area contributed by atoms with Crippen LogP contribution in [0.3, 0.4) is 0 Å². The van der Waals surface area contributed by atoms with Crippen LogP contribution < -0.4 is 0 Å². The van der Waals surface area contributed by atoms with E-state index in [0.717, 1.165) is 116 Å². The van der Waals surface area contributed by atoms with Crippen LogP contribution in [0.1, 0.15) is 162 Å². The molecule has 0 spiro atoms. The molecular formula is C37H66O8. The average Bonchev–Trinajstić information content (AvgIpc) is 3.76. The fourth-order valence-electron chi connectivity index (χ4n) is 7.36. The van der Waals surface area contributed by atoms with E-state index in [0.29, 0.717) is 12.0 Å². The fourth-order valence-corrected chi connectivity index (χ4v) is 7.36. The van der Waals surface area contributed by atoms with E-state index >= 15 is 0 Å². The van der Waals surface area contributed by atoms with Crippen molar-refractivity contribution in [3.05, 3.63) is 11.6 Å². The Morgan fingerprint density at radius 2 is 1.09 bits per heavy atom. The molecule has 0 unspecified atom stereocenters. The summed E-state index contributed by atoms with van der Waals surface area (Å²) in [6, 6.07) is 0. The number of carbonyl (C=O) groups excluding carboxylic acids is 1. The van der Waals surface area contributed by atoms with Gasteiger partial charge in [-0.1, -0.05) is 90.4 Å². The molecule has 3 rings (SSSR count). The predicted molar refractivity (Wildman–Crippen MR) is 177 cm³/mol. The summed E-state index contributed by atoms with van der Waals surface area (Å²) < 4.78 is 17.6. The number of esters is 1. The van der Waals surface area contributed by atoms with Crippen molar-refractivity contribution in [2.45, 2.75) is 216 Å². The molecule has 2 fully saturated rings. The second kappa shape index (κ2) is 21.8. The number of hydrogen-bond acceptors (Lipinski definition) is 8. The minimum absolute atomic E-state index is 0.0254. The normalized spacial score (nSPS) is 27.8. The number of ether oxygens (including phenoxy) is 3. The second-order valence-corrected chi connectivity index (χ2v) is 14.2. The third-order valence-corrected chi connectivity index (χ3v) is 10.1. The standard InChI is InChI=1S/C37H66O8/c1-3-16-29(38)17-12-10-11-15-20-32(41)34-22-24-36(45-34)35-23-21-33(44-35)31(40)19-14-9-7-5-4-6-8-13-18-30(39)26-28-25-27(2)43-37(28)42/h25,27,29-36,38-41H,3-24,26H2,1-2H3/t27-,29-,30+,31-,32+,33+,34+,35+,36+/m1/s1. The molecule has 45 heavy (non-hydrogen) atoms. The average molecular weight is 639 g/mol. The van der Waals surface area contributed by atoms with Crippen molar-refractivity contribution in [2.24, 2.45) is 0 Å². The maximum atomic E-state index is 11.7. The van der Waals surface area contributed by atoms with Crippen molar-refractivity contribution in [1.29, 1.82) is 0 Å². The summed E-state index contributed by atoms with van der Waals surface area (Å²) in [6.45, 7) is 3.94. The molecule has 8 heteroatoms. The third kappa shape index (κ3) is 14.7. The van der Waals surface area contributed by atoms with E-state index in [4.69, 9.17) is 14.2 Å². The highest BCUT2D eigenvalue weighted by molar-refractivity contribution is 5.90. The Morgan fingerprint density at radius 1 is 0.644 bits per heavy atom. The molecule has 3 heterocycles. The summed E-state index contributed by atoms with van der Waals surface area (Å²) >= 11 is 0. The highest BCUT2D eigenvalue weighted by Crippen LogP contribution is 2.34. The summed E-state index contributed by atoms with van der Waals surface area (Å²) in [7, 11) is 0. The minimum atomic E-state index is -0.470. The summed E-state index contributed by atoms with van der Waals surface area (Å²) in [5, 5.41) is 41.5. The highest BCUT2D eigenvalue weighted by atomic mass is 16.6. The fraction of sp³-hybridized carbons (Fsp3) is 0.919. The SMILES string of the molecule is CCC[C@@H](O)CCCCCC[C@H](O)[C@@H]1CC[C@@H]([C@@H]2CC[C@@H]([C@H](O)CCCCCCCCCC[C@H](O)CC3=C[C@@H](C)OC3=O)O2)O1. The van der Waals surface area contributed by atoms with Gasteiger partial charge >= 0.3 is 5.97 Å². The lowest BCUT2D eigenvalue weighted by atomic mass is 10.00. The van der Waals surface area contributed by atoms with Gasteiger partial charge in [0.25, 0.3) is 0 Å². The monoisotopic (exact) mass is 638 g/mol. The van der Waals surface area contributed by atoms with Crippen LogP contribution >= 0.6 is 0 Å². The van der Waals surface area contributed by atoms with Crippen LogP contribution in [0.5, 0.6) is 0 Å². The van der Waals surface area contributed by atoms with E-state index in [2.05, 4.69) is 6.92 Å². The number of aliphatic hydroxyl groups excluding tert-OH is 4. The van der Waals surface area contributed by atoms with Crippen LogP contribution in [0.25, 0.3) is 0 Å². The van der Waals surface area contributed by atoms with E-state index in [9.17, 15) is 25.2 Å². The molecule has 2 saturated heterocycles. The van der Waals surface area contributed by atoms with Gasteiger partial charge in [-0.2, -0.15) is 0 Å². The van der Waals surface area contributed by atoms with Crippen LogP contribution in [-0.2, 0) is 19.0 Å². The zero-order valence-corrected chi connectivity index (χ0v) is 28.5. The van der Waals surface area contributed by atoms with E-state index in [-0.39, 0.29) is 42.6 Å². The van der Waals surface area contributed by atoms with Gasteiger partial charge in [-0.25, -0.2) is 4.79 Å². The Labute approximate surface area is 273 Å². The Balaban J connectivity index is 1.13. The van der Waals surface area contributed by atoms with Crippen LogP contribution in [-0.4, -0.2) is 81.3 Å². The van der Waals surface area contributed by atoms with Gasteiger partial charge in [0.15, 0.2) is 0 Å². The maximum Gasteiger partial charge on any atom is 0.334 e. The number of cyclic esters (lactones) is 1. The van der Waals surface area contributed by atoms with Gasteiger partial charge in [0.05, 0.1) is 48.8 Å². The lowest BCUT2D eigenvalue weighted by Crippen LogP contribution is -2.33. The first-order valence-corrected chi connectivity index (χ1v) is 18.7. The molecule has 0 aromatic carbocycles. The minimum Gasteiger partial charge on any atom is -0.455 e. The lowest BCUT2D eigenvalue weighted by molar-refractivity contribution is -0.139. The van der Waals surface area contributed by atoms with E-state index in [1.165, 1.54) is 25.7 Å². The van der Waals surface area contributed by atoms with Crippen LogP contribution in [0.4, 0.5) is 0 Å². The second-order valence-electron chi connectivity index (χ2n) is 14.2. The van der Waals surface area contributed by atoms with Crippen LogP contribution in [0.2, 0.25) is 0 Å². The molecule has 0 saturated carbocycles. The van der Waals surface area contributed by atoms with Gasteiger partial charge in [0, 0.05) is 12.0 Å². The van der Waals surface area contributed by atoms with Gasteiger partial charge < -0.3 is 34.6 Å². The summed E-state index contributed by atoms with van der Waals surface area (Å²) in [5.41, 5.74) is 0.612. The number of hydrogen-bond donors (Lipinski definition) is 4. The van der Waals surface area contributed by atoms with Gasteiger partial charge in [-0.15, -0.1) is 0 Å². The topological polar surface area (TPSA) is 126 Å². The first-order chi connectivity index (χ1) is 21.8. The zero-order chi connectivity index (χ0) is 32.4.